The molecule has 1 fully saturated rings. The molecule has 2 aliphatic rings. The second-order valence-electron chi connectivity index (χ2n) is 6.37. The molecule has 2 rings (SSSR count). The molecule has 0 saturated carbocycles. The van der Waals surface area contributed by atoms with Gasteiger partial charge in [-0.15, -0.1) is 0 Å². The van der Waals surface area contributed by atoms with Gasteiger partial charge in [0.05, 0.1) is 0 Å². The molecule has 0 atom stereocenters. The Kier molecular flexibility index (Phi) is 13.1. The van der Waals surface area contributed by atoms with Crippen molar-refractivity contribution < 1.29 is 0 Å². The predicted molar refractivity (Wildman–Crippen MR) is 97.0 cm³/mol. The van der Waals surface area contributed by atoms with E-state index < -0.39 is 0 Å². The van der Waals surface area contributed by atoms with Crippen LogP contribution in [-0.2, 0) is 0 Å². The monoisotopic (exact) mass is 296 g/mol. The summed E-state index contributed by atoms with van der Waals surface area (Å²) in [5, 5.41) is 0. The van der Waals surface area contributed by atoms with Crippen LogP contribution in [-0.4, -0.2) is 48.1 Å². The largest absolute Gasteiger partial charge is 0.301 e. The SMILES string of the molecule is CC.CC(C)N1CCC=CCC1.CC(C)N1CCCCC1. The summed E-state index contributed by atoms with van der Waals surface area (Å²) < 4.78 is 0. The summed E-state index contributed by atoms with van der Waals surface area (Å²) in [5.74, 6) is 0. The Morgan fingerprint density at radius 3 is 1.33 bits per heavy atom. The van der Waals surface area contributed by atoms with Gasteiger partial charge in [0.2, 0.25) is 0 Å². The van der Waals surface area contributed by atoms with Gasteiger partial charge in [-0.3, -0.25) is 0 Å². The van der Waals surface area contributed by atoms with Gasteiger partial charge >= 0.3 is 0 Å². The molecule has 1 saturated heterocycles. The minimum Gasteiger partial charge on any atom is -0.301 e. The zero-order valence-corrected chi connectivity index (χ0v) is 15.6. The summed E-state index contributed by atoms with van der Waals surface area (Å²) in [4.78, 5) is 5.09. The van der Waals surface area contributed by atoms with E-state index in [0.29, 0.717) is 0 Å². The zero-order chi connectivity index (χ0) is 16.1. The molecule has 0 amide bonds. The van der Waals surface area contributed by atoms with Gasteiger partial charge in [0, 0.05) is 25.2 Å². The lowest BCUT2D eigenvalue weighted by molar-refractivity contribution is 0.185. The molecule has 126 valence electrons. The smallest absolute Gasteiger partial charge is 0.00388 e. The van der Waals surface area contributed by atoms with Crippen molar-refractivity contribution in [1.82, 2.24) is 9.80 Å². The highest BCUT2D eigenvalue weighted by atomic mass is 15.1. The first-order chi connectivity index (χ1) is 10.1. The van der Waals surface area contributed by atoms with Gasteiger partial charge < -0.3 is 9.80 Å². The molecule has 0 spiro atoms. The first-order valence-electron chi connectivity index (χ1n) is 9.24. The van der Waals surface area contributed by atoms with E-state index in [1.807, 2.05) is 13.8 Å². The number of hydrogen-bond acceptors (Lipinski definition) is 2. The average Bonchev–Trinajstić information content (AvgIpc) is 2.80. The first kappa shape index (κ1) is 20.7. The molecule has 0 aromatic carbocycles. The molecule has 0 unspecified atom stereocenters. The maximum atomic E-state index is 2.56. The maximum absolute atomic E-state index is 2.56. The van der Waals surface area contributed by atoms with Crippen molar-refractivity contribution in [2.24, 2.45) is 0 Å². The van der Waals surface area contributed by atoms with E-state index in [-0.39, 0.29) is 0 Å². The quantitative estimate of drug-likeness (QED) is 0.665. The van der Waals surface area contributed by atoms with Crippen LogP contribution in [0.4, 0.5) is 0 Å². The summed E-state index contributed by atoms with van der Waals surface area (Å²) in [6.45, 7) is 18.3. The van der Waals surface area contributed by atoms with E-state index in [1.165, 1.54) is 58.3 Å². The molecule has 0 radical (unpaired) electrons. The van der Waals surface area contributed by atoms with Crippen molar-refractivity contribution >= 4 is 0 Å². The van der Waals surface area contributed by atoms with Crippen LogP contribution in [0, 0.1) is 0 Å². The summed E-state index contributed by atoms with van der Waals surface area (Å²) in [7, 11) is 0. The van der Waals surface area contributed by atoms with Crippen LogP contribution >= 0.6 is 0 Å². The van der Waals surface area contributed by atoms with E-state index in [2.05, 4.69) is 49.6 Å². The standard InChI is InChI=1S/C9H17N.C8H17N.C2H6/c1-9(2)10-7-5-3-4-6-8-10;1-8(2)9-6-4-3-5-7-9;1-2/h3-4,9H,5-8H2,1-2H3;8H,3-7H2,1-2H3;1-2H3. The summed E-state index contributed by atoms with van der Waals surface area (Å²) in [6.07, 6.45) is 11.3. The Morgan fingerprint density at radius 1 is 0.619 bits per heavy atom. The van der Waals surface area contributed by atoms with Gasteiger partial charge in [0.15, 0.2) is 0 Å². The number of piperidine rings is 1. The molecule has 0 aliphatic carbocycles. The highest BCUT2D eigenvalue weighted by molar-refractivity contribution is 4.87. The fourth-order valence-electron chi connectivity index (χ4n) is 2.78. The van der Waals surface area contributed by atoms with Crippen molar-refractivity contribution in [2.45, 2.75) is 85.7 Å². The highest BCUT2D eigenvalue weighted by Gasteiger charge is 2.11. The number of rotatable bonds is 2. The average molecular weight is 297 g/mol. The minimum absolute atomic E-state index is 0.722. The van der Waals surface area contributed by atoms with Crippen LogP contribution in [0.2, 0.25) is 0 Å². The van der Waals surface area contributed by atoms with E-state index in [0.717, 1.165) is 12.1 Å². The summed E-state index contributed by atoms with van der Waals surface area (Å²) in [6, 6.07) is 1.49. The predicted octanol–water partition coefficient (Wildman–Crippen LogP) is 4.95. The van der Waals surface area contributed by atoms with Crippen LogP contribution in [0.25, 0.3) is 0 Å². The molecular formula is C19H40N2. The third-order valence-electron chi connectivity index (χ3n) is 4.18. The van der Waals surface area contributed by atoms with E-state index in [4.69, 9.17) is 0 Å². The fraction of sp³-hybridized carbons (Fsp3) is 0.895. The maximum Gasteiger partial charge on any atom is 0.00388 e. The van der Waals surface area contributed by atoms with E-state index in [1.54, 1.807) is 0 Å². The van der Waals surface area contributed by atoms with Crippen LogP contribution in [0.3, 0.4) is 0 Å². The van der Waals surface area contributed by atoms with Gasteiger partial charge in [-0.05, 0) is 66.5 Å². The van der Waals surface area contributed by atoms with Crippen LogP contribution in [0.1, 0.15) is 73.6 Å². The van der Waals surface area contributed by atoms with Crippen molar-refractivity contribution in [3.05, 3.63) is 12.2 Å². The van der Waals surface area contributed by atoms with Crippen LogP contribution in [0.5, 0.6) is 0 Å². The fourth-order valence-corrected chi connectivity index (χ4v) is 2.78. The van der Waals surface area contributed by atoms with Gasteiger partial charge in [-0.2, -0.15) is 0 Å². The molecular weight excluding hydrogens is 256 g/mol. The lowest BCUT2D eigenvalue weighted by Crippen LogP contribution is -2.35. The summed E-state index contributed by atoms with van der Waals surface area (Å²) in [5.41, 5.74) is 0. The second-order valence-corrected chi connectivity index (χ2v) is 6.37. The molecule has 2 nitrogen and oxygen atoms in total. The van der Waals surface area contributed by atoms with Crippen molar-refractivity contribution in [1.29, 1.82) is 0 Å². The molecule has 0 aromatic heterocycles. The number of likely N-dealkylation sites (tertiary alicyclic amines) is 1. The molecule has 0 aromatic rings. The van der Waals surface area contributed by atoms with E-state index in [9.17, 15) is 0 Å². The zero-order valence-electron chi connectivity index (χ0n) is 15.6. The van der Waals surface area contributed by atoms with Gasteiger partial charge in [0.1, 0.15) is 0 Å². The number of nitrogens with zero attached hydrogens (tertiary/aromatic N) is 2. The van der Waals surface area contributed by atoms with Crippen LogP contribution in [0.15, 0.2) is 12.2 Å². The second kappa shape index (κ2) is 13.3. The van der Waals surface area contributed by atoms with Crippen molar-refractivity contribution in [2.75, 3.05) is 26.2 Å². The van der Waals surface area contributed by atoms with Crippen molar-refractivity contribution in [3.8, 4) is 0 Å². The summed E-state index contributed by atoms with van der Waals surface area (Å²) >= 11 is 0. The topological polar surface area (TPSA) is 6.48 Å². The highest BCUT2D eigenvalue weighted by Crippen LogP contribution is 2.10. The minimum atomic E-state index is 0.722. The van der Waals surface area contributed by atoms with Gasteiger partial charge in [-0.25, -0.2) is 0 Å². The van der Waals surface area contributed by atoms with E-state index >= 15 is 0 Å². The Morgan fingerprint density at radius 2 is 1.00 bits per heavy atom. The normalized spacial score (nSPS) is 20.4. The third-order valence-corrected chi connectivity index (χ3v) is 4.18. The molecule has 0 N–H and O–H groups in total. The lowest BCUT2D eigenvalue weighted by Gasteiger charge is -2.29. The molecule has 2 heteroatoms. The van der Waals surface area contributed by atoms with Gasteiger partial charge in [0.25, 0.3) is 0 Å². The van der Waals surface area contributed by atoms with Crippen LogP contribution < -0.4 is 0 Å². The van der Waals surface area contributed by atoms with Gasteiger partial charge in [-0.1, -0.05) is 32.4 Å². The lowest BCUT2D eigenvalue weighted by atomic mass is 10.1. The van der Waals surface area contributed by atoms with Crippen molar-refractivity contribution in [3.63, 3.8) is 0 Å². The Labute approximate surface area is 134 Å². The molecule has 21 heavy (non-hydrogen) atoms. The molecule has 2 heterocycles. The molecule has 0 bridgehead atoms. The molecule has 2 aliphatic heterocycles. The Bertz CT molecular complexity index is 230. The third kappa shape index (κ3) is 10.1. The Balaban J connectivity index is 0.000000342. The Hall–Kier alpha value is -0.340. The number of hydrogen-bond donors (Lipinski definition) is 0. The first-order valence-corrected chi connectivity index (χ1v) is 9.24.